The van der Waals surface area contributed by atoms with Crippen molar-refractivity contribution in [3.63, 3.8) is 0 Å². The molecular formula is C17H20N2O3. The van der Waals surface area contributed by atoms with Crippen molar-refractivity contribution in [3.8, 4) is 0 Å². The fraction of sp³-hybridized carbons (Fsp3) is 0.471. The highest BCUT2D eigenvalue weighted by Gasteiger charge is 2.40. The highest BCUT2D eigenvalue weighted by molar-refractivity contribution is 5.98. The first-order valence-corrected chi connectivity index (χ1v) is 7.79. The Labute approximate surface area is 129 Å². The van der Waals surface area contributed by atoms with Crippen LogP contribution in [0.4, 0.5) is 0 Å². The van der Waals surface area contributed by atoms with Crippen molar-refractivity contribution in [1.82, 2.24) is 9.47 Å². The second-order valence-corrected chi connectivity index (χ2v) is 6.10. The summed E-state index contributed by atoms with van der Waals surface area (Å²) in [6, 6.07) is 7.94. The normalized spacial score (nSPS) is 20.9. The van der Waals surface area contributed by atoms with Crippen molar-refractivity contribution < 1.29 is 14.3 Å². The molecule has 5 heteroatoms. The van der Waals surface area contributed by atoms with E-state index in [2.05, 4.69) is 4.57 Å². The van der Waals surface area contributed by atoms with Crippen molar-refractivity contribution in [1.29, 1.82) is 0 Å². The first-order valence-electron chi connectivity index (χ1n) is 7.79. The highest BCUT2D eigenvalue weighted by Crippen LogP contribution is 2.31. The van der Waals surface area contributed by atoms with Crippen molar-refractivity contribution in [3.05, 3.63) is 36.0 Å². The number of nitrogens with zero attached hydrogens (tertiary/aromatic N) is 2. The lowest BCUT2D eigenvalue weighted by Crippen LogP contribution is -2.47. The van der Waals surface area contributed by atoms with Crippen LogP contribution >= 0.6 is 0 Å². The lowest BCUT2D eigenvalue weighted by Gasteiger charge is -2.37. The Kier molecular flexibility index (Phi) is 3.20. The molecule has 0 radical (unpaired) electrons. The van der Waals surface area contributed by atoms with Crippen LogP contribution in [0.1, 0.15) is 23.2 Å². The van der Waals surface area contributed by atoms with Crippen LogP contribution in [-0.2, 0) is 16.5 Å². The zero-order valence-electron chi connectivity index (χ0n) is 12.7. The molecule has 116 valence electrons. The number of piperidine rings is 1. The number of aryl methyl sites for hydroxylation is 1. The van der Waals surface area contributed by atoms with Gasteiger partial charge in [-0.05, 0) is 24.3 Å². The number of ether oxygens (including phenoxy) is 2. The minimum absolute atomic E-state index is 0.0959. The zero-order valence-corrected chi connectivity index (χ0v) is 12.7. The minimum Gasteiger partial charge on any atom is -0.351 e. The molecule has 2 aromatic rings. The van der Waals surface area contributed by atoms with E-state index in [1.807, 2.05) is 42.4 Å². The number of rotatable bonds is 1. The molecule has 2 fully saturated rings. The lowest BCUT2D eigenvalue weighted by molar-refractivity contribution is -0.181. The van der Waals surface area contributed by atoms with E-state index in [0.29, 0.717) is 26.3 Å². The van der Waals surface area contributed by atoms with Gasteiger partial charge in [-0.15, -0.1) is 0 Å². The van der Waals surface area contributed by atoms with E-state index in [9.17, 15) is 4.79 Å². The number of likely N-dealkylation sites (tertiary alicyclic amines) is 1. The maximum absolute atomic E-state index is 12.7. The van der Waals surface area contributed by atoms with Crippen LogP contribution in [0.3, 0.4) is 0 Å². The molecule has 1 aromatic heterocycles. The number of benzene rings is 1. The molecule has 0 atom stereocenters. The average Bonchev–Trinajstić information content (AvgIpc) is 3.15. The Hall–Kier alpha value is -1.85. The van der Waals surface area contributed by atoms with Gasteiger partial charge in [-0.3, -0.25) is 4.79 Å². The molecule has 2 saturated heterocycles. The molecule has 2 aliphatic heterocycles. The number of fused-ring (bicyclic) bond motifs is 1. The third-order valence-electron chi connectivity index (χ3n) is 4.76. The van der Waals surface area contributed by atoms with Crippen LogP contribution in [0.5, 0.6) is 0 Å². The number of aromatic nitrogens is 1. The molecule has 0 saturated carbocycles. The SMILES string of the molecule is Cn1ccc2cc(C(=O)N3CCC4(CC3)OCCO4)ccc21. The molecule has 0 bridgehead atoms. The molecule has 22 heavy (non-hydrogen) atoms. The summed E-state index contributed by atoms with van der Waals surface area (Å²) in [6.07, 6.45) is 3.52. The third-order valence-corrected chi connectivity index (χ3v) is 4.76. The molecular weight excluding hydrogens is 280 g/mol. The van der Waals surface area contributed by atoms with Gasteiger partial charge >= 0.3 is 0 Å². The van der Waals surface area contributed by atoms with Gasteiger partial charge in [-0.2, -0.15) is 0 Å². The summed E-state index contributed by atoms with van der Waals surface area (Å²) in [5.41, 5.74) is 1.89. The van der Waals surface area contributed by atoms with E-state index >= 15 is 0 Å². The third kappa shape index (κ3) is 2.21. The van der Waals surface area contributed by atoms with Gasteiger partial charge in [-0.25, -0.2) is 0 Å². The quantitative estimate of drug-likeness (QED) is 0.810. The first-order chi connectivity index (χ1) is 10.7. The van der Waals surface area contributed by atoms with Crippen molar-refractivity contribution >= 4 is 16.8 Å². The van der Waals surface area contributed by atoms with Crippen molar-refractivity contribution in [2.24, 2.45) is 7.05 Å². The predicted octanol–water partition coefficient (Wildman–Crippen LogP) is 2.16. The van der Waals surface area contributed by atoms with E-state index in [-0.39, 0.29) is 5.91 Å². The summed E-state index contributed by atoms with van der Waals surface area (Å²) in [6.45, 7) is 2.70. The summed E-state index contributed by atoms with van der Waals surface area (Å²) >= 11 is 0. The fourth-order valence-electron chi connectivity index (χ4n) is 3.43. The number of amides is 1. The van der Waals surface area contributed by atoms with Gasteiger partial charge in [0.2, 0.25) is 0 Å². The highest BCUT2D eigenvalue weighted by atomic mass is 16.7. The fourth-order valence-corrected chi connectivity index (χ4v) is 3.43. The Morgan fingerprint density at radius 3 is 2.59 bits per heavy atom. The van der Waals surface area contributed by atoms with Crippen LogP contribution in [0.15, 0.2) is 30.5 Å². The van der Waals surface area contributed by atoms with E-state index < -0.39 is 5.79 Å². The molecule has 4 rings (SSSR count). The first kappa shape index (κ1) is 13.8. The Morgan fingerprint density at radius 2 is 1.86 bits per heavy atom. The Bertz CT molecular complexity index is 706. The second kappa shape index (κ2) is 5.11. The topological polar surface area (TPSA) is 43.7 Å². The molecule has 2 aliphatic rings. The molecule has 1 spiro atoms. The van der Waals surface area contributed by atoms with Crippen LogP contribution in [0.2, 0.25) is 0 Å². The van der Waals surface area contributed by atoms with Crippen LogP contribution in [0.25, 0.3) is 10.9 Å². The summed E-state index contributed by atoms with van der Waals surface area (Å²) in [5.74, 6) is -0.334. The van der Waals surface area contributed by atoms with Crippen LogP contribution in [-0.4, -0.2) is 47.5 Å². The molecule has 5 nitrogen and oxygen atoms in total. The van der Waals surface area contributed by atoms with Gasteiger partial charge in [0.05, 0.1) is 13.2 Å². The van der Waals surface area contributed by atoms with E-state index in [1.54, 1.807) is 0 Å². The molecule has 0 aliphatic carbocycles. The van der Waals surface area contributed by atoms with Crippen molar-refractivity contribution in [2.45, 2.75) is 18.6 Å². The summed E-state index contributed by atoms with van der Waals surface area (Å²) in [7, 11) is 2.01. The largest absolute Gasteiger partial charge is 0.351 e. The summed E-state index contributed by atoms with van der Waals surface area (Å²) < 4.78 is 13.5. The molecule has 3 heterocycles. The van der Waals surface area contributed by atoms with Gasteiger partial charge in [-0.1, -0.05) is 0 Å². The standard InChI is InChI=1S/C17H20N2O3/c1-18-7-4-13-12-14(2-3-15(13)18)16(20)19-8-5-17(6-9-19)21-10-11-22-17/h2-4,7,12H,5-6,8-11H2,1H3. The lowest BCUT2D eigenvalue weighted by atomic mass is 10.0. The predicted molar refractivity (Wildman–Crippen MR) is 82.7 cm³/mol. The maximum Gasteiger partial charge on any atom is 0.253 e. The number of carbonyl (C=O) groups excluding carboxylic acids is 1. The van der Waals surface area contributed by atoms with Gasteiger partial charge in [0.15, 0.2) is 5.79 Å². The monoisotopic (exact) mass is 300 g/mol. The van der Waals surface area contributed by atoms with E-state index in [4.69, 9.17) is 9.47 Å². The second-order valence-electron chi connectivity index (χ2n) is 6.10. The van der Waals surface area contributed by atoms with Crippen LogP contribution < -0.4 is 0 Å². The smallest absolute Gasteiger partial charge is 0.253 e. The molecule has 1 aromatic carbocycles. The van der Waals surface area contributed by atoms with Gasteiger partial charge in [0.1, 0.15) is 0 Å². The molecule has 1 amide bonds. The van der Waals surface area contributed by atoms with Gasteiger partial charge in [0, 0.05) is 55.6 Å². The van der Waals surface area contributed by atoms with Gasteiger partial charge < -0.3 is 18.9 Å². The summed E-state index contributed by atoms with van der Waals surface area (Å²) in [5, 5.41) is 1.10. The maximum atomic E-state index is 12.7. The minimum atomic E-state index is -0.430. The number of hydrogen-bond donors (Lipinski definition) is 0. The van der Waals surface area contributed by atoms with Crippen molar-refractivity contribution in [2.75, 3.05) is 26.3 Å². The summed E-state index contributed by atoms with van der Waals surface area (Å²) in [4.78, 5) is 14.6. The van der Waals surface area contributed by atoms with Crippen LogP contribution in [0, 0.1) is 0 Å². The van der Waals surface area contributed by atoms with Gasteiger partial charge in [0.25, 0.3) is 5.91 Å². The van der Waals surface area contributed by atoms with E-state index in [1.165, 1.54) is 0 Å². The zero-order chi connectivity index (χ0) is 15.2. The number of hydrogen-bond acceptors (Lipinski definition) is 3. The van der Waals surface area contributed by atoms with E-state index in [0.717, 1.165) is 29.3 Å². The average molecular weight is 300 g/mol. The Morgan fingerprint density at radius 1 is 1.14 bits per heavy atom. The molecule has 0 N–H and O–H groups in total. The Balaban J connectivity index is 1.51. The number of carbonyl (C=O) groups is 1. The molecule has 0 unspecified atom stereocenters.